The number of ether oxygens (including phenoxy) is 1. The molecule has 2 aromatic heterocycles. The number of hydrogen-bond acceptors (Lipinski definition) is 4. The Morgan fingerprint density at radius 2 is 2.27 bits per heavy atom. The van der Waals surface area contributed by atoms with Crippen molar-refractivity contribution in [1.29, 1.82) is 0 Å². The first-order valence-electron chi connectivity index (χ1n) is 7.11. The van der Waals surface area contributed by atoms with Crippen molar-refractivity contribution >= 4 is 6.03 Å². The van der Waals surface area contributed by atoms with E-state index in [9.17, 15) is 4.79 Å². The highest BCUT2D eigenvalue weighted by Gasteiger charge is 2.14. The van der Waals surface area contributed by atoms with Crippen LogP contribution in [-0.4, -0.2) is 46.4 Å². The summed E-state index contributed by atoms with van der Waals surface area (Å²) in [4.78, 5) is 18.2. The summed E-state index contributed by atoms with van der Waals surface area (Å²) in [6, 6.07) is 7.38. The van der Waals surface area contributed by atoms with Crippen LogP contribution in [0.15, 0.2) is 30.5 Å². The molecule has 2 heterocycles. The molecule has 0 saturated carbocycles. The minimum atomic E-state index is -0.164. The number of nitrogens with zero attached hydrogens (tertiary/aromatic N) is 3. The maximum atomic E-state index is 12.3. The Morgan fingerprint density at radius 3 is 2.91 bits per heavy atom. The Balaban J connectivity index is 1.93. The summed E-state index contributed by atoms with van der Waals surface area (Å²) >= 11 is 0. The van der Waals surface area contributed by atoms with Crippen LogP contribution in [0, 0.1) is 6.92 Å². The van der Waals surface area contributed by atoms with Gasteiger partial charge in [0, 0.05) is 25.5 Å². The molecule has 2 rings (SSSR count). The predicted molar refractivity (Wildman–Crippen MR) is 82.1 cm³/mol. The Kier molecular flexibility index (Phi) is 5.91. The van der Waals surface area contributed by atoms with Gasteiger partial charge in [-0.15, -0.1) is 0 Å². The quantitative estimate of drug-likeness (QED) is 0.811. The number of H-pyrrole nitrogens is 1. The van der Waals surface area contributed by atoms with Crippen molar-refractivity contribution in [3.05, 3.63) is 47.5 Å². The summed E-state index contributed by atoms with van der Waals surface area (Å²) in [5.74, 6) is 0. The van der Waals surface area contributed by atoms with Gasteiger partial charge in [0.2, 0.25) is 0 Å². The van der Waals surface area contributed by atoms with Crippen molar-refractivity contribution in [2.75, 3.05) is 20.3 Å². The van der Waals surface area contributed by atoms with Gasteiger partial charge in [0.25, 0.3) is 0 Å². The Morgan fingerprint density at radius 1 is 1.41 bits per heavy atom. The fourth-order valence-corrected chi connectivity index (χ4v) is 1.98. The van der Waals surface area contributed by atoms with Crippen molar-refractivity contribution in [2.45, 2.75) is 20.0 Å². The Labute approximate surface area is 129 Å². The molecule has 0 atom stereocenters. The summed E-state index contributed by atoms with van der Waals surface area (Å²) in [6.45, 7) is 3.72. The van der Waals surface area contributed by atoms with Gasteiger partial charge in [-0.3, -0.25) is 10.1 Å². The number of carbonyl (C=O) groups excluding carboxylic acids is 1. The van der Waals surface area contributed by atoms with Crippen molar-refractivity contribution in [3.8, 4) is 0 Å². The predicted octanol–water partition coefficient (Wildman–Crippen LogP) is 1.47. The fourth-order valence-electron chi connectivity index (χ4n) is 1.98. The lowest BCUT2D eigenvalue weighted by atomic mass is 10.3. The van der Waals surface area contributed by atoms with E-state index in [0.29, 0.717) is 26.2 Å². The second kappa shape index (κ2) is 8.14. The van der Waals surface area contributed by atoms with E-state index in [2.05, 4.69) is 20.5 Å². The number of rotatable bonds is 7. The molecule has 0 aliphatic heterocycles. The number of aromatic nitrogens is 3. The Bertz CT molecular complexity index is 585. The molecule has 0 radical (unpaired) electrons. The largest absolute Gasteiger partial charge is 0.383 e. The van der Waals surface area contributed by atoms with Crippen LogP contribution in [0.1, 0.15) is 17.1 Å². The summed E-state index contributed by atoms with van der Waals surface area (Å²) in [6.07, 6.45) is 1.72. The van der Waals surface area contributed by atoms with E-state index in [1.807, 2.05) is 31.2 Å². The number of methoxy groups -OCH3 is 1. The maximum absolute atomic E-state index is 12.3. The third-order valence-electron chi connectivity index (χ3n) is 3.11. The van der Waals surface area contributed by atoms with Crippen LogP contribution in [0.3, 0.4) is 0 Å². The number of amides is 2. The second-order valence-corrected chi connectivity index (χ2v) is 4.94. The first kappa shape index (κ1) is 16.0. The lowest BCUT2D eigenvalue weighted by Crippen LogP contribution is -2.41. The van der Waals surface area contributed by atoms with E-state index >= 15 is 0 Å². The van der Waals surface area contributed by atoms with Gasteiger partial charge < -0.3 is 15.0 Å². The van der Waals surface area contributed by atoms with Gasteiger partial charge in [0.15, 0.2) is 0 Å². The van der Waals surface area contributed by atoms with E-state index in [4.69, 9.17) is 4.74 Å². The van der Waals surface area contributed by atoms with E-state index in [1.165, 1.54) is 0 Å². The molecule has 0 aromatic carbocycles. The van der Waals surface area contributed by atoms with Crippen molar-refractivity contribution < 1.29 is 9.53 Å². The molecule has 22 heavy (non-hydrogen) atoms. The number of urea groups is 1. The summed E-state index contributed by atoms with van der Waals surface area (Å²) in [5, 5.41) is 9.81. The standard InChI is InChI=1S/C15H21N5O2/c1-12-9-14(19-18-12)10-17-15(21)20(7-8-22-2)11-13-5-3-4-6-16-13/h3-6,9H,7-8,10-11H2,1-2H3,(H,17,21)(H,18,19). The minimum absolute atomic E-state index is 0.164. The topological polar surface area (TPSA) is 83.1 Å². The normalized spacial score (nSPS) is 10.5. The minimum Gasteiger partial charge on any atom is -0.383 e. The van der Waals surface area contributed by atoms with Gasteiger partial charge in [-0.25, -0.2) is 4.79 Å². The number of aromatic amines is 1. The Hall–Kier alpha value is -2.41. The van der Waals surface area contributed by atoms with Gasteiger partial charge in [-0.05, 0) is 25.1 Å². The second-order valence-electron chi connectivity index (χ2n) is 4.94. The SMILES string of the molecule is COCCN(Cc1ccccn1)C(=O)NCc1cc(C)[nH]n1. The maximum Gasteiger partial charge on any atom is 0.318 e. The molecule has 118 valence electrons. The highest BCUT2D eigenvalue weighted by Crippen LogP contribution is 2.03. The molecule has 7 heteroatoms. The zero-order chi connectivity index (χ0) is 15.8. The summed E-state index contributed by atoms with van der Waals surface area (Å²) < 4.78 is 5.07. The van der Waals surface area contributed by atoms with E-state index in [0.717, 1.165) is 17.1 Å². The van der Waals surface area contributed by atoms with Gasteiger partial charge in [0.1, 0.15) is 0 Å². The monoisotopic (exact) mass is 303 g/mol. The summed E-state index contributed by atoms with van der Waals surface area (Å²) in [5.41, 5.74) is 2.61. The number of nitrogens with one attached hydrogen (secondary N) is 2. The van der Waals surface area contributed by atoms with Gasteiger partial charge in [0.05, 0.1) is 31.1 Å². The molecule has 2 aromatic rings. The van der Waals surface area contributed by atoms with Gasteiger partial charge >= 0.3 is 6.03 Å². The van der Waals surface area contributed by atoms with Crippen LogP contribution in [0.2, 0.25) is 0 Å². The molecular weight excluding hydrogens is 282 g/mol. The molecule has 0 aliphatic carbocycles. The van der Waals surface area contributed by atoms with Crippen LogP contribution < -0.4 is 5.32 Å². The van der Waals surface area contributed by atoms with E-state index in [-0.39, 0.29) is 6.03 Å². The molecule has 7 nitrogen and oxygen atoms in total. The molecule has 0 aliphatic rings. The third kappa shape index (κ3) is 4.85. The molecule has 0 spiro atoms. The third-order valence-corrected chi connectivity index (χ3v) is 3.11. The van der Waals surface area contributed by atoms with E-state index in [1.54, 1.807) is 18.2 Å². The van der Waals surface area contributed by atoms with Crippen LogP contribution in [0.5, 0.6) is 0 Å². The number of carbonyl (C=O) groups is 1. The molecule has 2 amide bonds. The number of pyridine rings is 1. The van der Waals surface area contributed by atoms with Crippen molar-refractivity contribution in [1.82, 2.24) is 25.4 Å². The van der Waals surface area contributed by atoms with Crippen LogP contribution in [0.4, 0.5) is 4.79 Å². The molecule has 0 saturated heterocycles. The fraction of sp³-hybridized carbons (Fsp3) is 0.400. The highest BCUT2D eigenvalue weighted by atomic mass is 16.5. The zero-order valence-electron chi connectivity index (χ0n) is 12.9. The molecular formula is C15H21N5O2. The molecule has 0 fully saturated rings. The lowest BCUT2D eigenvalue weighted by molar-refractivity contribution is 0.145. The average Bonchev–Trinajstić information content (AvgIpc) is 2.95. The van der Waals surface area contributed by atoms with Crippen LogP contribution in [-0.2, 0) is 17.8 Å². The highest BCUT2D eigenvalue weighted by molar-refractivity contribution is 5.74. The number of hydrogen-bond donors (Lipinski definition) is 2. The van der Waals surface area contributed by atoms with Gasteiger partial charge in [-0.1, -0.05) is 6.07 Å². The van der Waals surface area contributed by atoms with Gasteiger partial charge in [-0.2, -0.15) is 5.10 Å². The molecule has 2 N–H and O–H groups in total. The lowest BCUT2D eigenvalue weighted by Gasteiger charge is -2.22. The number of aryl methyl sites for hydroxylation is 1. The molecule has 0 unspecified atom stereocenters. The zero-order valence-corrected chi connectivity index (χ0v) is 12.9. The van der Waals surface area contributed by atoms with Crippen molar-refractivity contribution in [2.24, 2.45) is 0 Å². The van der Waals surface area contributed by atoms with Crippen molar-refractivity contribution in [3.63, 3.8) is 0 Å². The first-order chi connectivity index (χ1) is 10.7. The smallest absolute Gasteiger partial charge is 0.318 e. The molecule has 0 bridgehead atoms. The summed E-state index contributed by atoms with van der Waals surface area (Å²) in [7, 11) is 1.61. The average molecular weight is 303 g/mol. The van der Waals surface area contributed by atoms with Crippen LogP contribution >= 0.6 is 0 Å². The van der Waals surface area contributed by atoms with E-state index < -0.39 is 0 Å². The van der Waals surface area contributed by atoms with Crippen LogP contribution in [0.25, 0.3) is 0 Å². The first-order valence-corrected chi connectivity index (χ1v) is 7.11.